The number of hydrogen-bond donors (Lipinski definition) is 3. The van der Waals surface area contributed by atoms with E-state index >= 15 is 0 Å². The summed E-state index contributed by atoms with van der Waals surface area (Å²) in [7, 11) is 0. The van der Waals surface area contributed by atoms with E-state index in [1.165, 1.54) is 12.1 Å². The van der Waals surface area contributed by atoms with Crippen LogP contribution in [0.1, 0.15) is 24.2 Å². The normalized spacial score (nSPS) is 11.8. The van der Waals surface area contributed by atoms with Crippen LogP contribution >= 0.6 is 0 Å². The molecule has 0 aromatic heterocycles. The van der Waals surface area contributed by atoms with Crippen molar-refractivity contribution >= 4 is 17.5 Å². The minimum absolute atomic E-state index is 0.0292. The largest absolute Gasteiger partial charge is 0.473 e. The fourth-order valence-electron chi connectivity index (χ4n) is 1.62. The summed E-state index contributed by atoms with van der Waals surface area (Å²) in [6, 6.07) is 3.50. The number of nitrogens with two attached hydrogens (primary N) is 2. The summed E-state index contributed by atoms with van der Waals surface area (Å²) in [6.07, 6.45) is -1.01. The van der Waals surface area contributed by atoms with Crippen LogP contribution in [0.2, 0.25) is 0 Å². The van der Waals surface area contributed by atoms with Crippen LogP contribution in [0, 0.1) is 16.0 Å². The first-order valence-electron chi connectivity index (χ1n) is 6.03. The van der Waals surface area contributed by atoms with Crippen molar-refractivity contribution in [3.63, 3.8) is 0 Å². The number of hydrazine groups is 1. The van der Waals surface area contributed by atoms with Crippen LogP contribution in [0.5, 0.6) is 5.75 Å². The van der Waals surface area contributed by atoms with E-state index in [1.807, 2.05) is 5.43 Å². The van der Waals surface area contributed by atoms with Crippen LogP contribution in [0.3, 0.4) is 0 Å². The molecule has 1 atom stereocenters. The Bertz CT molecular complexity index is 573. The van der Waals surface area contributed by atoms with E-state index in [-0.39, 0.29) is 17.2 Å². The van der Waals surface area contributed by atoms with E-state index in [4.69, 9.17) is 16.3 Å². The van der Waals surface area contributed by atoms with Crippen molar-refractivity contribution in [3.8, 4) is 5.75 Å². The van der Waals surface area contributed by atoms with Crippen LogP contribution in [0.4, 0.5) is 5.69 Å². The molecule has 21 heavy (non-hydrogen) atoms. The molecule has 0 bridgehead atoms. The van der Waals surface area contributed by atoms with E-state index < -0.39 is 28.5 Å². The molecular weight excluding hydrogens is 280 g/mol. The lowest BCUT2D eigenvalue weighted by atomic mass is 10.1. The number of amides is 2. The number of nitrogens with zero attached hydrogens (tertiary/aromatic N) is 1. The molecule has 0 heterocycles. The van der Waals surface area contributed by atoms with Gasteiger partial charge in [-0.25, -0.2) is 5.84 Å². The molecule has 9 nitrogen and oxygen atoms in total. The summed E-state index contributed by atoms with van der Waals surface area (Å²) in [6.45, 7) is 3.40. The Morgan fingerprint density at radius 1 is 1.38 bits per heavy atom. The van der Waals surface area contributed by atoms with Gasteiger partial charge in [0, 0.05) is 11.6 Å². The number of primary amides is 1. The van der Waals surface area contributed by atoms with E-state index in [2.05, 4.69) is 0 Å². The Balaban J connectivity index is 3.20. The fourth-order valence-corrected chi connectivity index (χ4v) is 1.62. The number of nitro groups is 1. The molecule has 5 N–H and O–H groups in total. The lowest BCUT2D eigenvalue weighted by molar-refractivity contribution is -0.386. The minimum Gasteiger partial charge on any atom is -0.473 e. The zero-order valence-electron chi connectivity index (χ0n) is 11.5. The number of benzene rings is 1. The van der Waals surface area contributed by atoms with Crippen LogP contribution < -0.4 is 21.7 Å². The quantitative estimate of drug-likeness (QED) is 0.293. The molecule has 0 fully saturated rings. The average Bonchev–Trinajstić information content (AvgIpc) is 2.43. The number of rotatable bonds is 6. The molecule has 0 aliphatic carbocycles. The standard InChI is InChI=1S/C12H16N4O5/c1-6(2)10(12(18)15-14)21-9-4-3-7(11(13)17)5-8(9)16(19)20/h3-6,10H,14H2,1-2H3,(H2,13,17)(H,15,18). The predicted octanol–water partition coefficient (Wildman–Crippen LogP) is 0.0870. The smallest absolute Gasteiger partial charge is 0.311 e. The highest BCUT2D eigenvalue weighted by molar-refractivity contribution is 5.93. The van der Waals surface area contributed by atoms with Gasteiger partial charge in [0.25, 0.3) is 5.91 Å². The van der Waals surface area contributed by atoms with Crippen LogP contribution in [0.15, 0.2) is 18.2 Å². The maximum atomic E-state index is 11.6. The molecule has 0 spiro atoms. The third-order valence-electron chi connectivity index (χ3n) is 2.70. The maximum Gasteiger partial charge on any atom is 0.311 e. The third kappa shape index (κ3) is 3.89. The van der Waals surface area contributed by atoms with Gasteiger partial charge in [-0.05, 0) is 18.1 Å². The lowest BCUT2D eigenvalue weighted by Gasteiger charge is -2.20. The second-order valence-electron chi connectivity index (χ2n) is 4.59. The number of carbonyl (C=O) groups is 2. The first-order chi connectivity index (χ1) is 9.77. The predicted molar refractivity (Wildman–Crippen MR) is 73.2 cm³/mol. The number of nitrogens with one attached hydrogen (secondary N) is 1. The van der Waals surface area contributed by atoms with E-state index in [0.717, 1.165) is 6.07 Å². The second kappa shape index (κ2) is 6.66. The highest BCUT2D eigenvalue weighted by atomic mass is 16.6. The summed E-state index contributed by atoms with van der Waals surface area (Å²) >= 11 is 0. The minimum atomic E-state index is -1.01. The van der Waals surface area contributed by atoms with Gasteiger partial charge in [-0.3, -0.25) is 25.1 Å². The van der Waals surface area contributed by atoms with Crippen molar-refractivity contribution in [3.05, 3.63) is 33.9 Å². The van der Waals surface area contributed by atoms with Gasteiger partial charge in [0.1, 0.15) is 0 Å². The highest BCUT2D eigenvalue weighted by Crippen LogP contribution is 2.29. The zero-order chi connectivity index (χ0) is 16.2. The SMILES string of the molecule is CC(C)C(Oc1ccc(C(N)=O)cc1[N+](=O)[O-])C(=O)NN. The van der Waals surface area contributed by atoms with Crippen molar-refractivity contribution < 1.29 is 19.2 Å². The molecule has 1 aromatic rings. The number of nitro benzene ring substituents is 1. The van der Waals surface area contributed by atoms with E-state index in [1.54, 1.807) is 13.8 Å². The summed E-state index contributed by atoms with van der Waals surface area (Å²) in [5.41, 5.74) is 6.52. The molecule has 9 heteroatoms. The topological polar surface area (TPSA) is 151 Å². The van der Waals surface area contributed by atoms with Crippen molar-refractivity contribution in [2.75, 3.05) is 0 Å². The molecule has 0 aliphatic rings. The Morgan fingerprint density at radius 3 is 2.43 bits per heavy atom. The average molecular weight is 296 g/mol. The van der Waals surface area contributed by atoms with Gasteiger partial charge in [0.2, 0.25) is 5.91 Å². The summed E-state index contributed by atoms with van der Waals surface area (Å²) in [5, 5.41) is 11.0. The van der Waals surface area contributed by atoms with E-state index in [0.29, 0.717) is 0 Å². The number of ether oxygens (including phenoxy) is 1. The molecule has 1 unspecified atom stereocenters. The Labute approximate surface area is 120 Å². The second-order valence-corrected chi connectivity index (χ2v) is 4.59. The van der Waals surface area contributed by atoms with Crippen molar-refractivity contribution in [2.45, 2.75) is 20.0 Å². The first-order valence-corrected chi connectivity index (χ1v) is 6.03. The van der Waals surface area contributed by atoms with Gasteiger partial charge in [-0.2, -0.15) is 0 Å². The summed E-state index contributed by atoms with van der Waals surface area (Å²) in [5.74, 6) is 3.22. The van der Waals surface area contributed by atoms with Crippen molar-refractivity contribution in [1.29, 1.82) is 0 Å². The van der Waals surface area contributed by atoms with E-state index in [9.17, 15) is 19.7 Å². The zero-order valence-corrected chi connectivity index (χ0v) is 11.5. The van der Waals surface area contributed by atoms with Crippen LogP contribution in [-0.4, -0.2) is 22.8 Å². The van der Waals surface area contributed by atoms with Gasteiger partial charge >= 0.3 is 5.69 Å². The van der Waals surface area contributed by atoms with Crippen LogP contribution in [0.25, 0.3) is 0 Å². The van der Waals surface area contributed by atoms with Gasteiger partial charge in [-0.15, -0.1) is 0 Å². The van der Waals surface area contributed by atoms with Gasteiger partial charge in [0.15, 0.2) is 11.9 Å². The first kappa shape index (κ1) is 16.4. The number of carbonyl (C=O) groups excluding carboxylic acids is 2. The maximum absolute atomic E-state index is 11.6. The third-order valence-corrected chi connectivity index (χ3v) is 2.70. The lowest BCUT2D eigenvalue weighted by Crippen LogP contribution is -2.44. The Morgan fingerprint density at radius 2 is 2.00 bits per heavy atom. The molecule has 1 rings (SSSR count). The molecule has 0 saturated carbocycles. The number of hydrogen-bond acceptors (Lipinski definition) is 6. The molecule has 0 radical (unpaired) electrons. The molecule has 114 valence electrons. The monoisotopic (exact) mass is 296 g/mol. The molecular formula is C12H16N4O5. The van der Waals surface area contributed by atoms with Gasteiger partial charge in [-0.1, -0.05) is 13.8 Å². The van der Waals surface area contributed by atoms with Crippen molar-refractivity contribution in [1.82, 2.24) is 5.43 Å². The summed E-state index contributed by atoms with van der Waals surface area (Å²) in [4.78, 5) is 33.0. The van der Waals surface area contributed by atoms with Gasteiger partial charge < -0.3 is 10.5 Å². The highest BCUT2D eigenvalue weighted by Gasteiger charge is 2.27. The van der Waals surface area contributed by atoms with Crippen LogP contribution in [-0.2, 0) is 4.79 Å². The molecule has 2 amide bonds. The Hall–Kier alpha value is -2.68. The van der Waals surface area contributed by atoms with Gasteiger partial charge in [0.05, 0.1) is 4.92 Å². The fraction of sp³-hybridized carbons (Fsp3) is 0.333. The Kier molecular flexibility index (Phi) is 5.19. The van der Waals surface area contributed by atoms with Crippen molar-refractivity contribution in [2.24, 2.45) is 17.5 Å². The molecule has 1 aromatic carbocycles. The molecule has 0 saturated heterocycles. The molecule has 0 aliphatic heterocycles. The summed E-state index contributed by atoms with van der Waals surface area (Å²) < 4.78 is 5.37.